The van der Waals surface area contributed by atoms with Crippen LogP contribution in [0.3, 0.4) is 0 Å². The molecule has 0 saturated heterocycles. The molecule has 0 radical (unpaired) electrons. The van der Waals surface area contributed by atoms with Crippen LogP contribution in [0.25, 0.3) is 0 Å². The summed E-state index contributed by atoms with van der Waals surface area (Å²) < 4.78 is 0. The lowest BCUT2D eigenvalue weighted by atomic mass is 10.0. The summed E-state index contributed by atoms with van der Waals surface area (Å²) in [6.07, 6.45) is 2.18. The minimum absolute atomic E-state index is 1.01. The fourth-order valence-corrected chi connectivity index (χ4v) is 2.80. The molecule has 0 fully saturated rings. The first-order chi connectivity index (χ1) is 9.26. The lowest BCUT2D eigenvalue weighted by Gasteiger charge is -2.12. The van der Waals surface area contributed by atoms with E-state index < -0.39 is 0 Å². The number of hydrogen-bond donors (Lipinski definition) is 1. The molecule has 2 aromatic carbocycles. The zero-order valence-electron chi connectivity index (χ0n) is 11.6. The molecule has 0 aromatic heterocycles. The third-order valence-electron chi connectivity index (χ3n) is 3.90. The molecule has 2 nitrogen and oxygen atoms in total. The maximum absolute atomic E-state index is 3.19. The fourth-order valence-electron chi connectivity index (χ4n) is 2.80. The van der Waals surface area contributed by atoms with Gasteiger partial charge in [0.2, 0.25) is 0 Å². The first kappa shape index (κ1) is 12.1. The van der Waals surface area contributed by atoms with E-state index in [1.807, 2.05) is 7.05 Å². The standard InChI is InChI=1S/C17H20N2/c1-18-16-5-3-4-13(12-16)10-14-6-7-17-15(11-14)8-9-19(17)2/h3-7,11-12,18H,8-10H2,1-2H3. The van der Waals surface area contributed by atoms with Gasteiger partial charge in [-0.1, -0.05) is 24.3 Å². The van der Waals surface area contributed by atoms with Crippen LogP contribution in [-0.2, 0) is 12.8 Å². The van der Waals surface area contributed by atoms with E-state index >= 15 is 0 Å². The Balaban J connectivity index is 1.83. The predicted octanol–water partition coefficient (Wildman–Crippen LogP) is 3.31. The van der Waals surface area contributed by atoms with E-state index in [2.05, 4.69) is 59.7 Å². The molecule has 0 saturated carbocycles. The number of rotatable bonds is 3. The maximum Gasteiger partial charge on any atom is 0.0397 e. The molecule has 1 heterocycles. The Kier molecular flexibility index (Phi) is 3.16. The van der Waals surface area contributed by atoms with Gasteiger partial charge >= 0.3 is 0 Å². The molecule has 98 valence electrons. The second kappa shape index (κ2) is 4.96. The van der Waals surface area contributed by atoms with Crippen LogP contribution in [0.5, 0.6) is 0 Å². The van der Waals surface area contributed by atoms with Crippen LogP contribution in [0.15, 0.2) is 42.5 Å². The van der Waals surface area contributed by atoms with Crippen molar-refractivity contribution in [3.05, 3.63) is 59.2 Å². The van der Waals surface area contributed by atoms with Crippen molar-refractivity contribution in [2.75, 3.05) is 30.9 Å². The van der Waals surface area contributed by atoms with Gasteiger partial charge < -0.3 is 10.2 Å². The van der Waals surface area contributed by atoms with Gasteiger partial charge in [0, 0.05) is 32.0 Å². The van der Waals surface area contributed by atoms with Crippen LogP contribution >= 0.6 is 0 Å². The Bertz CT molecular complexity index is 590. The summed E-state index contributed by atoms with van der Waals surface area (Å²) in [7, 11) is 4.13. The molecule has 0 atom stereocenters. The van der Waals surface area contributed by atoms with Crippen LogP contribution in [0.4, 0.5) is 11.4 Å². The van der Waals surface area contributed by atoms with Crippen LogP contribution in [-0.4, -0.2) is 20.6 Å². The quantitative estimate of drug-likeness (QED) is 0.901. The van der Waals surface area contributed by atoms with Crippen LogP contribution < -0.4 is 10.2 Å². The molecule has 1 aliphatic rings. The molecule has 0 bridgehead atoms. The minimum Gasteiger partial charge on any atom is -0.388 e. The highest BCUT2D eigenvalue weighted by Gasteiger charge is 2.15. The Hall–Kier alpha value is -1.96. The van der Waals surface area contributed by atoms with Gasteiger partial charge in [0.15, 0.2) is 0 Å². The molecule has 0 unspecified atom stereocenters. The van der Waals surface area contributed by atoms with Crippen molar-refractivity contribution in [1.82, 2.24) is 0 Å². The van der Waals surface area contributed by atoms with Crippen molar-refractivity contribution >= 4 is 11.4 Å². The van der Waals surface area contributed by atoms with Crippen LogP contribution in [0.1, 0.15) is 16.7 Å². The summed E-state index contributed by atoms with van der Waals surface area (Å²) in [6.45, 7) is 1.15. The number of fused-ring (bicyclic) bond motifs is 1. The fraction of sp³-hybridized carbons (Fsp3) is 0.294. The predicted molar refractivity (Wildman–Crippen MR) is 82.2 cm³/mol. The van der Waals surface area contributed by atoms with Crippen molar-refractivity contribution in [2.24, 2.45) is 0 Å². The molecule has 0 aliphatic carbocycles. The molecule has 0 spiro atoms. The summed E-state index contributed by atoms with van der Waals surface area (Å²) in [5.41, 5.74) is 6.83. The van der Waals surface area contributed by atoms with Crippen LogP contribution in [0, 0.1) is 0 Å². The van der Waals surface area contributed by atoms with Crippen molar-refractivity contribution in [2.45, 2.75) is 12.8 Å². The molecule has 1 aliphatic heterocycles. The van der Waals surface area contributed by atoms with E-state index in [0.29, 0.717) is 0 Å². The van der Waals surface area contributed by atoms with E-state index in [1.54, 1.807) is 0 Å². The molecule has 1 N–H and O–H groups in total. The summed E-state index contributed by atoms with van der Waals surface area (Å²) in [6, 6.07) is 15.5. The highest BCUT2D eigenvalue weighted by atomic mass is 15.1. The van der Waals surface area contributed by atoms with Gasteiger partial charge in [0.25, 0.3) is 0 Å². The molecule has 2 heteroatoms. The molecule has 3 rings (SSSR count). The summed E-state index contributed by atoms with van der Waals surface area (Å²) in [5, 5.41) is 3.19. The first-order valence-electron chi connectivity index (χ1n) is 6.86. The number of benzene rings is 2. The van der Waals surface area contributed by atoms with Gasteiger partial charge in [-0.05, 0) is 47.7 Å². The smallest absolute Gasteiger partial charge is 0.0397 e. The average Bonchev–Trinajstić information content (AvgIpc) is 2.80. The van der Waals surface area contributed by atoms with E-state index in [4.69, 9.17) is 0 Å². The zero-order valence-corrected chi connectivity index (χ0v) is 11.6. The number of nitrogens with one attached hydrogen (secondary N) is 1. The lowest BCUT2D eigenvalue weighted by molar-refractivity contribution is 0.956. The molecular formula is C17H20N2. The second-order valence-corrected chi connectivity index (χ2v) is 5.26. The largest absolute Gasteiger partial charge is 0.388 e. The van der Waals surface area contributed by atoms with E-state index in [9.17, 15) is 0 Å². The highest BCUT2D eigenvalue weighted by molar-refractivity contribution is 5.59. The second-order valence-electron chi connectivity index (χ2n) is 5.26. The molecule has 19 heavy (non-hydrogen) atoms. The summed E-state index contributed by atoms with van der Waals surface area (Å²) in [4.78, 5) is 2.33. The number of nitrogens with zero attached hydrogens (tertiary/aromatic N) is 1. The number of likely N-dealkylation sites (N-methyl/N-ethyl adjacent to an activating group) is 1. The van der Waals surface area contributed by atoms with E-state index in [-0.39, 0.29) is 0 Å². The average molecular weight is 252 g/mol. The van der Waals surface area contributed by atoms with Gasteiger partial charge in [-0.15, -0.1) is 0 Å². The third-order valence-corrected chi connectivity index (χ3v) is 3.90. The minimum atomic E-state index is 1.01. The van der Waals surface area contributed by atoms with Gasteiger partial charge in [-0.2, -0.15) is 0 Å². The monoisotopic (exact) mass is 252 g/mol. The Morgan fingerprint density at radius 1 is 1.11 bits per heavy atom. The Morgan fingerprint density at radius 2 is 1.95 bits per heavy atom. The zero-order chi connectivity index (χ0) is 13.2. The number of hydrogen-bond acceptors (Lipinski definition) is 2. The normalized spacial score (nSPS) is 13.5. The van der Waals surface area contributed by atoms with Crippen molar-refractivity contribution in [1.29, 1.82) is 0 Å². The SMILES string of the molecule is CNc1cccc(Cc2ccc3c(c2)CCN3C)c1. The Morgan fingerprint density at radius 3 is 2.79 bits per heavy atom. The van der Waals surface area contributed by atoms with E-state index in [1.165, 1.54) is 34.5 Å². The molecule has 0 amide bonds. The van der Waals surface area contributed by atoms with Gasteiger partial charge in [-0.25, -0.2) is 0 Å². The third kappa shape index (κ3) is 2.43. The van der Waals surface area contributed by atoms with Gasteiger partial charge in [-0.3, -0.25) is 0 Å². The Labute approximate surface area is 115 Å². The molecular weight excluding hydrogens is 232 g/mol. The van der Waals surface area contributed by atoms with Gasteiger partial charge in [0.1, 0.15) is 0 Å². The summed E-state index contributed by atoms with van der Waals surface area (Å²) >= 11 is 0. The van der Waals surface area contributed by atoms with Crippen LogP contribution in [0.2, 0.25) is 0 Å². The summed E-state index contributed by atoms with van der Waals surface area (Å²) in [5.74, 6) is 0. The maximum atomic E-state index is 3.19. The first-order valence-corrected chi connectivity index (χ1v) is 6.86. The topological polar surface area (TPSA) is 15.3 Å². The highest BCUT2D eigenvalue weighted by Crippen LogP contribution is 2.28. The molecule has 2 aromatic rings. The van der Waals surface area contributed by atoms with Crippen molar-refractivity contribution < 1.29 is 0 Å². The van der Waals surface area contributed by atoms with E-state index in [0.717, 1.165) is 13.0 Å². The van der Waals surface area contributed by atoms with Crippen molar-refractivity contribution in [3.63, 3.8) is 0 Å². The van der Waals surface area contributed by atoms with Crippen molar-refractivity contribution in [3.8, 4) is 0 Å². The number of anilines is 2. The van der Waals surface area contributed by atoms with Gasteiger partial charge in [0.05, 0.1) is 0 Å². The lowest BCUT2D eigenvalue weighted by Crippen LogP contribution is -2.12.